The van der Waals surface area contributed by atoms with Gasteiger partial charge in [-0.3, -0.25) is 4.90 Å². The fourth-order valence-corrected chi connectivity index (χ4v) is 2.84. The Morgan fingerprint density at radius 3 is 2.25 bits per heavy atom. The van der Waals surface area contributed by atoms with Gasteiger partial charge in [0.15, 0.2) is 0 Å². The van der Waals surface area contributed by atoms with Crippen molar-refractivity contribution < 1.29 is 4.74 Å². The van der Waals surface area contributed by atoms with E-state index in [0.29, 0.717) is 19.2 Å². The summed E-state index contributed by atoms with van der Waals surface area (Å²) >= 11 is 0. The topological polar surface area (TPSA) is 41.7 Å². The first kappa shape index (κ1) is 15.3. The number of nitrogens with two attached hydrogens (primary N) is 1. The fraction of sp³-hybridized carbons (Fsp3) is 0.625. The SMILES string of the molecule is CCOc1ccc(C(CN)N2CCN(CC)CC2)cc1. The van der Waals surface area contributed by atoms with Crippen molar-refractivity contribution in [3.63, 3.8) is 0 Å². The molecule has 0 saturated carbocycles. The Bertz CT molecular complexity index is 385. The number of ether oxygens (including phenoxy) is 1. The predicted octanol–water partition coefficient (Wildman–Crippen LogP) is 1.72. The Labute approximate surface area is 122 Å². The lowest BCUT2D eigenvalue weighted by atomic mass is 10.0. The van der Waals surface area contributed by atoms with E-state index >= 15 is 0 Å². The minimum Gasteiger partial charge on any atom is -0.494 e. The second kappa shape index (κ2) is 7.62. The minimum absolute atomic E-state index is 0.324. The maximum Gasteiger partial charge on any atom is 0.119 e. The van der Waals surface area contributed by atoms with Crippen LogP contribution in [0.3, 0.4) is 0 Å². The molecular formula is C16H27N3O. The molecule has 1 atom stereocenters. The maximum atomic E-state index is 6.01. The summed E-state index contributed by atoms with van der Waals surface area (Å²) in [5, 5.41) is 0. The van der Waals surface area contributed by atoms with Gasteiger partial charge in [0, 0.05) is 38.8 Å². The lowest BCUT2D eigenvalue weighted by Crippen LogP contribution is -2.48. The van der Waals surface area contributed by atoms with Crippen molar-refractivity contribution in [1.82, 2.24) is 9.80 Å². The van der Waals surface area contributed by atoms with Gasteiger partial charge in [0.05, 0.1) is 6.61 Å². The van der Waals surface area contributed by atoms with Crippen molar-refractivity contribution >= 4 is 0 Å². The Hall–Kier alpha value is -1.10. The molecule has 0 aliphatic carbocycles. The standard InChI is InChI=1S/C16H27N3O/c1-3-18-9-11-19(12-10-18)16(13-17)14-5-7-15(8-6-14)20-4-2/h5-8,16H,3-4,9-13,17H2,1-2H3. The summed E-state index contributed by atoms with van der Waals surface area (Å²) < 4.78 is 5.50. The Kier molecular flexibility index (Phi) is 5.83. The van der Waals surface area contributed by atoms with Crippen LogP contribution in [-0.2, 0) is 0 Å². The molecule has 112 valence electrons. The molecule has 0 bridgehead atoms. The number of likely N-dealkylation sites (N-methyl/N-ethyl adjacent to an activating group) is 1. The van der Waals surface area contributed by atoms with Crippen LogP contribution in [0.5, 0.6) is 5.75 Å². The van der Waals surface area contributed by atoms with Crippen molar-refractivity contribution in [2.45, 2.75) is 19.9 Å². The van der Waals surface area contributed by atoms with E-state index in [1.807, 2.05) is 19.1 Å². The molecule has 0 spiro atoms. The number of nitrogens with zero attached hydrogens (tertiary/aromatic N) is 2. The van der Waals surface area contributed by atoms with E-state index in [4.69, 9.17) is 10.5 Å². The van der Waals surface area contributed by atoms with Crippen LogP contribution in [0, 0.1) is 0 Å². The molecular weight excluding hydrogens is 250 g/mol. The number of hydrogen-bond donors (Lipinski definition) is 1. The summed E-state index contributed by atoms with van der Waals surface area (Å²) in [6.07, 6.45) is 0. The summed E-state index contributed by atoms with van der Waals surface area (Å²) in [7, 11) is 0. The molecule has 1 aromatic rings. The molecule has 0 aromatic heterocycles. The molecule has 1 heterocycles. The molecule has 4 heteroatoms. The first-order valence-corrected chi connectivity index (χ1v) is 7.67. The van der Waals surface area contributed by atoms with Gasteiger partial charge >= 0.3 is 0 Å². The van der Waals surface area contributed by atoms with E-state index in [1.54, 1.807) is 0 Å². The predicted molar refractivity (Wildman–Crippen MR) is 83.1 cm³/mol. The van der Waals surface area contributed by atoms with E-state index in [9.17, 15) is 0 Å². The molecule has 0 amide bonds. The number of benzene rings is 1. The van der Waals surface area contributed by atoms with Crippen LogP contribution in [0.25, 0.3) is 0 Å². The van der Waals surface area contributed by atoms with Gasteiger partial charge in [-0.2, -0.15) is 0 Å². The summed E-state index contributed by atoms with van der Waals surface area (Å²) in [6.45, 7) is 11.2. The van der Waals surface area contributed by atoms with Crippen LogP contribution in [-0.4, -0.2) is 55.7 Å². The van der Waals surface area contributed by atoms with Gasteiger partial charge in [-0.1, -0.05) is 19.1 Å². The molecule has 4 nitrogen and oxygen atoms in total. The Morgan fingerprint density at radius 1 is 1.10 bits per heavy atom. The van der Waals surface area contributed by atoms with E-state index in [1.165, 1.54) is 5.56 Å². The average Bonchev–Trinajstić information content (AvgIpc) is 2.51. The van der Waals surface area contributed by atoms with Crippen LogP contribution >= 0.6 is 0 Å². The monoisotopic (exact) mass is 277 g/mol. The van der Waals surface area contributed by atoms with Crippen molar-refractivity contribution in [3.05, 3.63) is 29.8 Å². The van der Waals surface area contributed by atoms with Crippen LogP contribution in [0.2, 0.25) is 0 Å². The normalized spacial score (nSPS) is 18.9. The van der Waals surface area contributed by atoms with E-state index in [0.717, 1.165) is 38.5 Å². The fourth-order valence-electron chi connectivity index (χ4n) is 2.84. The minimum atomic E-state index is 0.324. The highest BCUT2D eigenvalue weighted by atomic mass is 16.5. The van der Waals surface area contributed by atoms with Gasteiger partial charge in [0.2, 0.25) is 0 Å². The van der Waals surface area contributed by atoms with Gasteiger partial charge < -0.3 is 15.4 Å². The molecule has 1 aromatic carbocycles. The van der Waals surface area contributed by atoms with Gasteiger partial charge in [0.1, 0.15) is 5.75 Å². The second-order valence-electron chi connectivity index (χ2n) is 5.22. The van der Waals surface area contributed by atoms with Gasteiger partial charge in [0.25, 0.3) is 0 Å². The second-order valence-corrected chi connectivity index (χ2v) is 5.22. The lowest BCUT2D eigenvalue weighted by Gasteiger charge is -2.38. The van der Waals surface area contributed by atoms with Gasteiger partial charge in [-0.25, -0.2) is 0 Å². The largest absolute Gasteiger partial charge is 0.494 e. The summed E-state index contributed by atoms with van der Waals surface area (Å²) in [4.78, 5) is 4.99. The maximum absolute atomic E-state index is 6.01. The summed E-state index contributed by atoms with van der Waals surface area (Å²) in [5.41, 5.74) is 7.31. The molecule has 1 unspecified atom stereocenters. The van der Waals surface area contributed by atoms with E-state index in [-0.39, 0.29) is 0 Å². The summed E-state index contributed by atoms with van der Waals surface area (Å²) in [5.74, 6) is 0.933. The lowest BCUT2D eigenvalue weighted by molar-refractivity contribution is 0.102. The smallest absolute Gasteiger partial charge is 0.119 e. The molecule has 1 saturated heterocycles. The van der Waals surface area contributed by atoms with Gasteiger partial charge in [-0.05, 0) is 31.2 Å². The van der Waals surface area contributed by atoms with Gasteiger partial charge in [-0.15, -0.1) is 0 Å². The third-order valence-electron chi connectivity index (χ3n) is 4.09. The molecule has 1 aliphatic rings. The first-order valence-electron chi connectivity index (χ1n) is 7.67. The average molecular weight is 277 g/mol. The zero-order valence-electron chi connectivity index (χ0n) is 12.7. The molecule has 1 fully saturated rings. The van der Waals surface area contributed by atoms with Crippen molar-refractivity contribution in [2.24, 2.45) is 5.73 Å². The molecule has 2 rings (SSSR count). The highest BCUT2D eigenvalue weighted by Crippen LogP contribution is 2.23. The number of rotatable bonds is 6. The molecule has 1 aliphatic heterocycles. The van der Waals surface area contributed by atoms with E-state index in [2.05, 4.69) is 28.9 Å². The van der Waals surface area contributed by atoms with Crippen molar-refractivity contribution in [1.29, 1.82) is 0 Å². The highest BCUT2D eigenvalue weighted by molar-refractivity contribution is 5.29. The van der Waals surface area contributed by atoms with Crippen molar-refractivity contribution in [3.8, 4) is 5.75 Å². The molecule has 0 radical (unpaired) electrons. The van der Waals surface area contributed by atoms with Crippen molar-refractivity contribution in [2.75, 3.05) is 45.9 Å². The van der Waals surface area contributed by atoms with Crippen LogP contribution in [0.1, 0.15) is 25.5 Å². The third kappa shape index (κ3) is 3.72. The third-order valence-corrected chi connectivity index (χ3v) is 4.09. The Balaban J connectivity index is 2.00. The number of piperazine rings is 1. The zero-order valence-corrected chi connectivity index (χ0v) is 12.7. The molecule has 2 N–H and O–H groups in total. The zero-order chi connectivity index (χ0) is 14.4. The quantitative estimate of drug-likeness (QED) is 0.860. The Morgan fingerprint density at radius 2 is 1.75 bits per heavy atom. The van der Waals surface area contributed by atoms with E-state index < -0.39 is 0 Å². The number of hydrogen-bond acceptors (Lipinski definition) is 4. The molecule has 20 heavy (non-hydrogen) atoms. The highest BCUT2D eigenvalue weighted by Gasteiger charge is 2.23. The van der Waals surface area contributed by atoms with Crippen LogP contribution in [0.15, 0.2) is 24.3 Å². The summed E-state index contributed by atoms with van der Waals surface area (Å²) in [6, 6.07) is 8.71. The van der Waals surface area contributed by atoms with Crippen LogP contribution in [0.4, 0.5) is 0 Å². The van der Waals surface area contributed by atoms with Crippen LogP contribution < -0.4 is 10.5 Å². The first-order chi connectivity index (χ1) is 9.78.